The Morgan fingerprint density at radius 3 is 1.07 bits per heavy atom. The fraction of sp³-hybridized carbons (Fsp3) is 0.364. The highest BCUT2D eigenvalue weighted by Crippen LogP contribution is 2.62. The Labute approximate surface area is 879 Å². The molecule has 0 aliphatic heterocycles. The summed E-state index contributed by atoms with van der Waals surface area (Å²) in [5.74, 6) is -1.33. The summed E-state index contributed by atoms with van der Waals surface area (Å²) in [6.45, 7) is 26.3. The molecule has 7 aromatic carbocycles. The van der Waals surface area contributed by atoms with Crippen molar-refractivity contribution in [2.24, 2.45) is 35.5 Å². The van der Waals surface area contributed by atoms with Crippen molar-refractivity contribution in [3.05, 3.63) is 317 Å². The van der Waals surface area contributed by atoms with Gasteiger partial charge in [-0.25, -0.2) is 29.9 Å². The second kappa shape index (κ2) is 49.2. The molecule has 4 saturated carbocycles. The average Bonchev–Trinajstić information content (AvgIpc) is 0.826. The number of carbonyl (C=O) groups excluding carboxylic acids is 6. The van der Waals surface area contributed by atoms with Crippen molar-refractivity contribution in [3.63, 3.8) is 0 Å². The number of ketones is 3. The van der Waals surface area contributed by atoms with Gasteiger partial charge in [-0.05, 0) is 242 Å². The van der Waals surface area contributed by atoms with Crippen LogP contribution in [0.15, 0.2) is 237 Å². The summed E-state index contributed by atoms with van der Waals surface area (Å²) >= 11 is 4.31. The molecule has 0 spiro atoms. The van der Waals surface area contributed by atoms with E-state index in [0.29, 0.717) is 45.3 Å². The first kappa shape index (κ1) is 110. The van der Waals surface area contributed by atoms with Crippen LogP contribution in [-0.2, 0) is 93.9 Å². The van der Waals surface area contributed by atoms with Crippen LogP contribution in [0.2, 0.25) is 0 Å². The van der Waals surface area contributed by atoms with E-state index in [-0.39, 0.29) is 77.5 Å². The van der Waals surface area contributed by atoms with Crippen molar-refractivity contribution >= 4 is 99.1 Å². The number of carboxylic acids is 3. The van der Waals surface area contributed by atoms with Gasteiger partial charge in [-0.2, -0.15) is 0 Å². The van der Waals surface area contributed by atoms with E-state index in [1.165, 1.54) is 110 Å². The second-order valence-corrected chi connectivity index (χ2v) is 45.7. The number of ether oxygens (including phenoxy) is 3. The predicted molar refractivity (Wildman–Crippen MR) is 584 cm³/mol. The van der Waals surface area contributed by atoms with Crippen LogP contribution >= 0.6 is 34.0 Å². The molecule has 6 atom stereocenters. The van der Waals surface area contributed by atoms with Crippen molar-refractivity contribution in [3.8, 4) is 67.9 Å². The molecule has 4 aliphatic carbocycles. The van der Waals surface area contributed by atoms with Gasteiger partial charge in [0.1, 0.15) is 36.2 Å². The Hall–Kier alpha value is -14.0. The van der Waals surface area contributed by atoms with E-state index in [0.717, 1.165) is 129 Å². The van der Waals surface area contributed by atoms with Crippen molar-refractivity contribution in [2.45, 2.75) is 226 Å². The summed E-state index contributed by atoms with van der Waals surface area (Å²) in [7, 11) is 3.48. The average molecular weight is 2050 g/mol. The van der Waals surface area contributed by atoms with Crippen molar-refractivity contribution < 1.29 is 72.7 Å². The van der Waals surface area contributed by atoms with Crippen molar-refractivity contribution in [1.29, 1.82) is 0 Å². The van der Waals surface area contributed by atoms with Gasteiger partial charge in [-0.1, -0.05) is 221 Å². The number of aliphatic carboxylic acids is 3. The Bertz CT molecular complexity index is 6780. The van der Waals surface area contributed by atoms with E-state index < -0.39 is 71.5 Å². The molecular weight excluding hydrogens is 1920 g/mol. The number of Topliss-reactive ketones (excluding diaryl/α,β-unsaturated/α-hetero) is 3. The molecule has 24 nitrogen and oxygen atoms in total. The van der Waals surface area contributed by atoms with Gasteiger partial charge < -0.3 is 45.5 Å². The number of carboxylic acid groups (broad SMARTS) is 3. The maximum Gasteiger partial charge on any atom is 0.325 e. The lowest BCUT2D eigenvalue weighted by molar-refractivity contribution is -0.142. The summed E-state index contributed by atoms with van der Waals surface area (Å²) in [5, 5.41) is 35.7. The van der Waals surface area contributed by atoms with Crippen molar-refractivity contribution in [1.82, 2.24) is 45.9 Å². The molecule has 6 aromatic heterocycles. The molecule has 4 fully saturated rings. The van der Waals surface area contributed by atoms with Crippen LogP contribution in [0.3, 0.4) is 0 Å². The van der Waals surface area contributed by atoms with Crippen LogP contribution in [0.4, 0.5) is 0 Å². The van der Waals surface area contributed by atoms with Gasteiger partial charge in [0.15, 0.2) is 34.8 Å². The summed E-state index contributed by atoms with van der Waals surface area (Å²) in [6, 6.07) is 62.0. The van der Waals surface area contributed by atoms with Crippen LogP contribution in [0.25, 0.3) is 68.6 Å². The van der Waals surface area contributed by atoms with E-state index in [1.807, 2.05) is 164 Å². The minimum absolute atomic E-state index is 0.0230. The van der Waals surface area contributed by atoms with E-state index in [2.05, 4.69) is 160 Å². The van der Waals surface area contributed by atoms with Gasteiger partial charge >= 0.3 is 17.9 Å². The zero-order valence-corrected chi connectivity index (χ0v) is 89.3. The number of methoxy groups -OCH3 is 2. The van der Waals surface area contributed by atoms with E-state index >= 15 is 0 Å². The molecule has 4 aliphatic rings. The number of aryl methyl sites for hydroxylation is 1. The molecule has 3 amide bonds. The Morgan fingerprint density at radius 1 is 0.392 bits per heavy atom. The minimum Gasteiger partial charge on any atom is -0.496 e. The number of nitrogens with zero attached hydrogens (tertiary/aromatic N) is 6. The number of nitrogens with one attached hydrogen (secondary N) is 3. The normalized spacial score (nSPS) is 16.4. The molecule has 148 heavy (non-hydrogen) atoms. The molecule has 13 aromatic rings. The fourth-order valence-electron chi connectivity index (χ4n) is 19.4. The highest BCUT2D eigenvalue weighted by Gasteiger charge is 2.53. The quantitative estimate of drug-likeness (QED) is 0.0194. The highest BCUT2D eigenvalue weighted by atomic mass is 32.1. The molecule has 0 radical (unpaired) electrons. The highest BCUT2D eigenvalue weighted by molar-refractivity contribution is 7.15. The number of rotatable bonds is 40. The lowest BCUT2D eigenvalue weighted by Crippen LogP contribution is -2.48. The fourth-order valence-corrected chi connectivity index (χ4v) is 22.4. The monoisotopic (exact) mass is 2050 g/mol. The van der Waals surface area contributed by atoms with Crippen LogP contribution < -0.4 is 25.4 Å². The molecule has 6 heterocycles. The van der Waals surface area contributed by atoms with Gasteiger partial charge in [-0.3, -0.25) is 43.2 Å². The van der Waals surface area contributed by atoms with Gasteiger partial charge in [0, 0.05) is 135 Å². The number of carbonyl (C=O) groups is 9. The number of hydrogen-bond donors (Lipinski definition) is 6. The summed E-state index contributed by atoms with van der Waals surface area (Å²) in [4.78, 5) is 147. The Balaban J connectivity index is 0.000000176. The van der Waals surface area contributed by atoms with E-state index in [9.17, 15) is 58.5 Å². The number of thiophene rings is 3. The molecule has 6 N–H and O–H groups in total. The molecular formula is C121H133N9O15S3. The SMILES string of the molecule is CCc1ccc(/C=C/c2cnc(-c3ccc(C[C@H](CC(=O)c4ccc(C(C)(C)C)s4)C(=O)N[C@H](C)C(=O)O)cc3)nc2)cc1.COCCc1ccc(OCc2ccc(-c3cnc(-c4ccc(C[C@H](CC(=O)c5ccc(C(C)(C)C)s5)C(=O)N[C@H](C)C(=O)O)cc4)nc3)cc2)cc1.COc1ccc(-c2cnc(-c3ccc(C[C@H](CC(=O)c4ccc(C(C)(C)C)s4)C(=O)N[C@H](C)C(=O)O)cc3)nc2)cc1C12CC3CC(CC(C3)C1)C2. The van der Waals surface area contributed by atoms with Crippen LogP contribution in [0.1, 0.15) is 242 Å². The topological polar surface area (TPSA) is 355 Å². The van der Waals surface area contributed by atoms with Crippen LogP contribution in [0.5, 0.6) is 11.5 Å². The van der Waals surface area contributed by atoms with Gasteiger partial charge in [0.25, 0.3) is 0 Å². The summed E-state index contributed by atoms with van der Waals surface area (Å²) < 4.78 is 17.0. The van der Waals surface area contributed by atoms with Crippen LogP contribution in [-0.4, -0.2) is 137 Å². The smallest absolute Gasteiger partial charge is 0.325 e. The third-order valence-electron chi connectivity index (χ3n) is 27.7. The Morgan fingerprint density at radius 2 is 0.723 bits per heavy atom. The predicted octanol–water partition coefficient (Wildman–Crippen LogP) is 23.9. The van der Waals surface area contributed by atoms with Gasteiger partial charge in [0.05, 0.1) is 28.3 Å². The number of amides is 3. The van der Waals surface area contributed by atoms with Gasteiger partial charge in [-0.15, -0.1) is 34.0 Å². The largest absolute Gasteiger partial charge is 0.496 e. The van der Waals surface area contributed by atoms with E-state index in [1.54, 1.807) is 45.1 Å². The third-order valence-corrected chi connectivity index (χ3v) is 32.4. The zero-order valence-electron chi connectivity index (χ0n) is 86.8. The van der Waals surface area contributed by atoms with Crippen LogP contribution in [0, 0.1) is 35.5 Å². The first-order valence-corrected chi connectivity index (χ1v) is 53.1. The second-order valence-electron chi connectivity index (χ2n) is 42.5. The maximum absolute atomic E-state index is 13.4. The number of benzene rings is 7. The molecule has 27 heteroatoms. The minimum atomic E-state index is -1.14. The van der Waals surface area contributed by atoms with E-state index in [4.69, 9.17) is 24.2 Å². The van der Waals surface area contributed by atoms with Crippen molar-refractivity contribution in [2.75, 3.05) is 20.8 Å². The first-order valence-electron chi connectivity index (χ1n) is 50.6. The third kappa shape index (κ3) is 29.5. The first-order chi connectivity index (χ1) is 70.6. The lowest BCUT2D eigenvalue weighted by Gasteiger charge is -2.57. The maximum atomic E-state index is 13.4. The standard InChI is InChI=1S/C43H49N3O5S.C42H45N3O6S.C36H39N3O4S/c1-25(41(49)50)46-40(48)32(19-35(47)37-12-13-38(52-37)42(2,3)4)17-26-6-8-30(9-7-26)39-44-23-33(24-45-39)31-10-11-36(51-5)34(18-31)43-20-27-14-28(21-43)16-29(15-27)22-43;1-27(41(48)49)45-40(47)33(23-36(46)37-18-19-38(52-37)42(2,3)4)22-29-6-14-32(15-7-29)39-43-24-34(25-44-39)31-12-8-30(9-13-31)26-51-35-16-10-28(11-17-35)20-21-50-5;1-6-24-7-9-25(10-8-24)11-12-27-21-37-33(38-22-27)28-15-13-26(14-16-28)19-29(34(41)39-23(2)35(42)43)20-30(40)31-17-18-32(44-31)36(3,4)5/h6-13,18,23-25,27-29,32H,14-17,19-22H2,1-5H3,(H,46,48)(H,49,50);6-19,24-25,27,33H,20-23,26H2,1-5H3,(H,45,47)(H,48,49);7-18,21-23,29H,6,19-20H2,1-5H3,(H,39,41)(H,42,43)/b;;12-11+/t25-,27?,28?,29?,32-,43?;27-,33-;23-,29-/m111/s1. The Kier molecular flexibility index (Phi) is 36.5. The van der Waals surface area contributed by atoms with Gasteiger partial charge in [0.2, 0.25) is 17.7 Å². The number of aromatic nitrogens is 6. The molecule has 0 saturated heterocycles. The molecule has 17 rings (SSSR count). The molecule has 4 bridgehead atoms. The molecule has 0 unspecified atom stereocenters. The number of hydrogen-bond acceptors (Lipinski definition) is 21. The summed E-state index contributed by atoms with van der Waals surface area (Å²) in [6.07, 6.45) is 25.5. The lowest BCUT2D eigenvalue weighted by atomic mass is 9.48. The zero-order chi connectivity index (χ0) is 106. The molecule has 770 valence electrons. The summed E-state index contributed by atoms with van der Waals surface area (Å²) in [5.41, 5.74) is 15.8.